The van der Waals surface area contributed by atoms with E-state index in [-0.39, 0.29) is 56.8 Å². The van der Waals surface area contributed by atoms with Crippen LogP contribution in [0.4, 0.5) is 15.3 Å². The van der Waals surface area contributed by atoms with Gasteiger partial charge in [0.2, 0.25) is 18.6 Å². The lowest BCUT2D eigenvalue weighted by Crippen LogP contribution is -2.48. The number of alkyl carbamates (subject to hydrolysis) is 1. The lowest BCUT2D eigenvalue weighted by atomic mass is 9.71. The van der Waals surface area contributed by atoms with Crippen LogP contribution in [0.2, 0.25) is 0 Å². The van der Waals surface area contributed by atoms with Crippen LogP contribution in [0, 0.1) is 5.92 Å². The highest BCUT2D eigenvalue weighted by Gasteiger charge is 2.54. The molecule has 3 aromatic heterocycles. The van der Waals surface area contributed by atoms with Crippen molar-refractivity contribution in [3.8, 4) is 50.9 Å². The first kappa shape index (κ1) is 58.9. The van der Waals surface area contributed by atoms with Crippen molar-refractivity contribution in [2.45, 2.75) is 83.0 Å². The number of hydrogen-bond acceptors (Lipinski definition) is 13. The standard InChI is InChI=1S/C77H70N6O10/c1-48(2)68(80-74(84)88-45-61-56-29-17-15-27-54(56)55-28-16-18-30-57(55)61)73-79-69-71(93-73)77(63-38-52(35-36-65(63)87-42-50-23-11-7-12-24-50)37-53-44-90-76(3,4)83(53)75(85)89-43-51-25-13-8-14-26-51)46-81(40-49-21-9-6-10-22-49)70-59(32-19-33-62(70)77)58-31-20-34-64-67(58)60(41-82(64)91-47-86-5)66-39-78-72(69)92-66/h6-36,38-39,41,48,53,61,68H,37,40,42-47H2,1-5H3,(H,80,84)/t53-,68-,77+/m0/s1. The van der Waals surface area contributed by atoms with E-state index in [9.17, 15) is 9.59 Å². The topological polar surface area (TPSA) is 165 Å². The molecule has 0 radical (unpaired) electrons. The number of para-hydroxylation sites is 1. The Morgan fingerprint density at radius 3 is 2.08 bits per heavy atom. The highest BCUT2D eigenvalue weighted by Crippen LogP contribution is 2.59. The van der Waals surface area contributed by atoms with E-state index in [2.05, 4.69) is 95.1 Å². The van der Waals surface area contributed by atoms with Gasteiger partial charge in [0.25, 0.3) is 0 Å². The van der Waals surface area contributed by atoms with Gasteiger partial charge in [-0.05, 0) is 94.0 Å². The molecular formula is C77H70N6O10. The zero-order valence-corrected chi connectivity index (χ0v) is 52.4. The van der Waals surface area contributed by atoms with Crippen LogP contribution in [0.25, 0.3) is 56.1 Å². The van der Waals surface area contributed by atoms with Crippen molar-refractivity contribution in [1.82, 2.24) is 24.9 Å². The molecule has 1 saturated heterocycles. The summed E-state index contributed by atoms with van der Waals surface area (Å²) in [5.74, 6) is 1.43. The monoisotopic (exact) mass is 1240 g/mol. The fourth-order valence-corrected chi connectivity index (χ4v) is 14.3. The number of aromatic nitrogens is 3. The average Bonchev–Trinajstić information content (AvgIpc) is 1.56. The van der Waals surface area contributed by atoms with Crippen molar-refractivity contribution in [3.05, 3.63) is 263 Å². The van der Waals surface area contributed by atoms with Gasteiger partial charge in [-0.15, -0.1) is 0 Å². The molecule has 1 fully saturated rings. The van der Waals surface area contributed by atoms with Gasteiger partial charge < -0.3 is 47.6 Å². The molecule has 1 N–H and O–H groups in total. The molecule has 0 saturated carbocycles. The second kappa shape index (κ2) is 24.3. The normalized spacial score (nSPS) is 16.9. The number of anilines is 1. The molecule has 11 aromatic rings. The van der Waals surface area contributed by atoms with Crippen molar-refractivity contribution in [2.24, 2.45) is 5.92 Å². The predicted molar refractivity (Wildman–Crippen MR) is 353 cm³/mol. The van der Waals surface area contributed by atoms with Crippen LogP contribution in [-0.4, -0.2) is 77.2 Å². The number of benzene rings is 8. The van der Waals surface area contributed by atoms with Crippen LogP contribution in [0.5, 0.6) is 5.75 Å². The van der Waals surface area contributed by atoms with Crippen LogP contribution in [0.3, 0.4) is 0 Å². The summed E-state index contributed by atoms with van der Waals surface area (Å²) < 4.78 is 48.0. The Balaban J connectivity index is 0.931. The van der Waals surface area contributed by atoms with Crippen molar-refractivity contribution in [3.63, 3.8) is 0 Å². The fourth-order valence-electron chi connectivity index (χ4n) is 14.3. The average molecular weight is 1240 g/mol. The highest BCUT2D eigenvalue weighted by molar-refractivity contribution is 6.08. The smallest absolute Gasteiger partial charge is 0.412 e. The van der Waals surface area contributed by atoms with Gasteiger partial charge in [-0.1, -0.05) is 196 Å². The second-order valence-electron chi connectivity index (χ2n) is 25.1. The molecule has 6 bridgehead atoms. The first-order chi connectivity index (χ1) is 45.4. The first-order valence-corrected chi connectivity index (χ1v) is 31.7. The van der Waals surface area contributed by atoms with Gasteiger partial charge in [0.15, 0.2) is 17.2 Å². The van der Waals surface area contributed by atoms with E-state index in [1.165, 1.54) is 0 Å². The molecule has 0 unspecified atom stereocenters. The molecule has 15 rings (SSSR count). The Bertz CT molecular complexity index is 4530. The molecule has 16 heteroatoms. The van der Waals surface area contributed by atoms with Gasteiger partial charge in [0.05, 0.1) is 30.6 Å². The minimum atomic E-state index is -1.31. The number of amides is 2. The van der Waals surface area contributed by atoms with Gasteiger partial charge in [-0.3, -0.25) is 4.90 Å². The summed E-state index contributed by atoms with van der Waals surface area (Å²) >= 11 is 0. The summed E-state index contributed by atoms with van der Waals surface area (Å²) in [4.78, 5) is 50.2. The number of nitrogens with one attached hydrogen (secondary N) is 1. The molecule has 468 valence electrons. The van der Waals surface area contributed by atoms with Crippen LogP contribution in [0.15, 0.2) is 215 Å². The van der Waals surface area contributed by atoms with E-state index in [1.807, 2.05) is 143 Å². The molecule has 16 nitrogen and oxygen atoms in total. The fraction of sp³-hybridized carbons (Fsp3) is 0.247. The third-order valence-electron chi connectivity index (χ3n) is 18.6. The largest absolute Gasteiger partial charge is 0.489 e. The Morgan fingerprint density at radius 1 is 0.688 bits per heavy atom. The maximum absolute atomic E-state index is 14.6. The Labute approximate surface area is 539 Å². The third kappa shape index (κ3) is 10.7. The zero-order valence-electron chi connectivity index (χ0n) is 52.4. The van der Waals surface area contributed by atoms with E-state index in [0.717, 1.165) is 88.9 Å². The molecule has 2 amide bonds. The van der Waals surface area contributed by atoms with Gasteiger partial charge in [-0.25, -0.2) is 19.6 Å². The number of carbonyl (C=O) groups is 2. The SMILES string of the molecule is COCOn1cc2c3c(cccc31)-c1cccc3c1N(Cc1ccccc1)C[C@@]3(c1cc(C[C@H]3COC(C)(C)N3C(=O)OCc3ccccc3)ccc1OCc1ccccc1)c1oc([C@@H](NC(=O)OCC3c4ccccc4-c4ccccc43)C(C)C)nc1-c1ncc-2o1. The minimum absolute atomic E-state index is 0.00890. The van der Waals surface area contributed by atoms with Gasteiger partial charge in [0.1, 0.15) is 42.8 Å². The van der Waals surface area contributed by atoms with Crippen LogP contribution in [0.1, 0.15) is 95.8 Å². The van der Waals surface area contributed by atoms with Crippen molar-refractivity contribution in [1.29, 1.82) is 0 Å². The van der Waals surface area contributed by atoms with E-state index in [4.69, 9.17) is 47.3 Å². The molecule has 4 aliphatic rings. The first-order valence-electron chi connectivity index (χ1n) is 31.7. The Morgan fingerprint density at radius 2 is 1.35 bits per heavy atom. The number of rotatable bonds is 18. The van der Waals surface area contributed by atoms with E-state index < -0.39 is 35.4 Å². The summed E-state index contributed by atoms with van der Waals surface area (Å²) in [5, 5.41) is 4.11. The lowest BCUT2D eigenvalue weighted by Gasteiger charge is -2.34. The highest BCUT2D eigenvalue weighted by atomic mass is 16.8. The molecule has 3 atom stereocenters. The zero-order chi connectivity index (χ0) is 63.4. The Kier molecular flexibility index (Phi) is 15.4. The number of methoxy groups -OCH3 is 1. The maximum atomic E-state index is 14.6. The predicted octanol–water partition coefficient (Wildman–Crippen LogP) is 15.4. The van der Waals surface area contributed by atoms with E-state index in [1.54, 1.807) is 22.9 Å². The van der Waals surface area contributed by atoms with Crippen LogP contribution >= 0.6 is 0 Å². The molecule has 93 heavy (non-hydrogen) atoms. The lowest BCUT2D eigenvalue weighted by molar-refractivity contribution is -0.0491. The van der Waals surface area contributed by atoms with Crippen LogP contribution < -0.4 is 19.8 Å². The number of nitrogens with zero attached hydrogens (tertiary/aromatic N) is 5. The number of ether oxygens (including phenoxy) is 5. The summed E-state index contributed by atoms with van der Waals surface area (Å²) in [6, 6.07) is 64.5. The molecule has 3 aliphatic heterocycles. The minimum Gasteiger partial charge on any atom is -0.489 e. The summed E-state index contributed by atoms with van der Waals surface area (Å²) in [7, 11) is 1.59. The van der Waals surface area contributed by atoms with Crippen molar-refractivity contribution in [2.75, 3.05) is 38.6 Å². The third-order valence-corrected chi connectivity index (χ3v) is 18.6. The van der Waals surface area contributed by atoms with Crippen LogP contribution in [-0.2, 0) is 50.5 Å². The number of carbonyl (C=O) groups excluding carboxylic acids is 2. The summed E-state index contributed by atoms with van der Waals surface area (Å²) in [5.41, 5.74) is 12.3. The van der Waals surface area contributed by atoms with Gasteiger partial charge in [-0.2, -0.15) is 4.73 Å². The van der Waals surface area contributed by atoms with E-state index in [0.29, 0.717) is 42.5 Å². The number of hydrogen-bond donors (Lipinski definition) is 1. The van der Waals surface area contributed by atoms with Gasteiger partial charge >= 0.3 is 12.2 Å². The number of oxazole rings is 2. The molecule has 1 aliphatic carbocycles. The second-order valence-corrected chi connectivity index (χ2v) is 25.1. The summed E-state index contributed by atoms with van der Waals surface area (Å²) in [6.07, 6.45) is 2.91. The van der Waals surface area contributed by atoms with Gasteiger partial charge in [0, 0.05) is 53.9 Å². The number of fused-ring (bicyclic) bond motifs is 10. The quantitative estimate of drug-likeness (QED) is 0.0808. The molecular weight excluding hydrogens is 1170 g/mol. The Hall–Kier alpha value is -10.4. The molecule has 6 heterocycles. The molecule has 0 spiro atoms. The van der Waals surface area contributed by atoms with Crippen molar-refractivity contribution < 1.29 is 46.9 Å². The molecule has 8 aromatic carbocycles. The maximum Gasteiger partial charge on any atom is 0.412 e. The van der Waals surface area contributed by atoms with E-state index >= 15 is 0 Å². The summed E-state index contributed by atoms with van der Waals surface area (Å²) in [6.45, 7) is 9.32. The van der Waals surface area contributed by atoms with Crippen molar-refractivity contribution >= 4 is 28.8 Å².